The van der Waals surface area contributed by atoms with Crippen molar-refractivity contribution >= 4 is 8.58 Å². The molecule has 1 heterocycles. The highest BCUT2D eigenvalue weighted by Gasteiger charge is 2.27. The standard InChI is InChI=1S/C10H21P/c1-7(2)9-5-6-10(11-9)8(3)4/h7-11H,5-6H2,1-4H3/t9-,10-/m0/s1. The second-order valence-corrected chi connectivity index (χ2v) is 6.26. The smallest absolute Gasteiger partial charge is 0.0211 e. The molecule has 0 aromatic heterocycles. The van der Waals surface area contributed by atoms with E-state index in [9.17, 15) is 0 Å². The van der Waals surface area contributed by atoms with E-state index in [0.29, 0.717) is 0 Å². The van der Waals surface area contributed by atoms with Crippen LogP contribution in [0, 0.1) is 11.8 Å². The molecule has 0 radical (unpaired) electrons. The van der Waals surface area contributed by atoms with E-state index < -0.39 is 0 Å². The Hall–Kier alpha value is 0.430. The van der Waals surface area contributed by atoms with Gasteiger partial charge in [0.2, 0.25) is 0 Å². The Kier molecular flexibility index (Phi) is 3.37. The number of hydrogen-bond acceptors (Lipinski definition) is 0. The fraction of sp³-hybridized carbons (Fsp3) is 1.00. The van der Waals surface area contributed by atoms with Crippen molar-refractivity contribution in [1.29, 1.82) is 0 Å². The summed E-state index contributed by atoms with van der Waals surface area (Å²) in [4.78, 5) is 0. The van der Waals surface area contributed by atoms with E-state index in [2.05, 4.69) is 27.7 Å². The molecule has 66 valence electrons. The van der Waals surface area contributed by atoms with Crippen LogP contribution in [0.4, 0.5) is 0 Å². The third-order valence-corrected chi connectivity index (χ3v) is 5.59. The first kappa shape index (κ1) is 9.52. The molecule has 11 heavy (non-hydrogen) atoms. The van der Waals surface area contributed by atoms with E-state index >= 15 is 0 Å². The Morgan fingerprint density at radius 2 is 1.27 bits per heavy atom. The highest BCUT2D eigenvalue weighted by atomic mass is 31.1. The average molecular weight is 172 g/mol. The lowest BCUT2D eigenvalue weighted by Gasteiger charge is -2.17. The quantitative estimate of drug-likeness (QED) is 0.559. The molecule has 1 fully saturated rings. The molecule has 0 amide bonds. The van der Waals surface area contributed by atoms with Crippen molar-refractivity contribution in [3.05, 3.63) is 0 Å². The summed E-state index contributed by atoms with van der Waals surface area (Å²) >= 11 is 0. The largest absolute Gasteiger partial charge is 0.115 e. The van der Waals surface area contributed by atoms with Gasteiger partial charge in [-0.1, -0.05) is 27.7 Å². The summed E-state index contributed by atoms with van der Waals surface area (Å²) in [5.41, 5.74) is 2.12. The summed E-state index contributed by atoms with van der Waals surface area (Å²) in [7, 11) is 1.25. The molecule has 1 aliphatic heterocycles. The molecule has 2 atom stereocenters. The highest BCUT2D eigenvalue weighted by molar-refractivity contribution is 7.40. The van der Waals surface area contributed by atoms with Crippen LogP contribution in [0.2, 0.25) is 0 Å². The fourth-order valence-corrected chi connectivity index (χ4v) is 3.84. The van der Waals surface area contributed by atoms with E-state index in [0.717, 1.165) is 23.2 Å². The molecule has 1 rings (SSSR count). The van der Waals surface area contributed by atoms with Crippen LogP contribution in [-0.4, -0.2) is 11.3 Å². The van der Waals surface area contributed by atoms with E-state index in [-0.39, 0.29) is 0 Å². The van der Waals surface area contributed by atoms with Gasteiger partial charge in [-0.2, -0.15) is 0 Å². The molecular formula is C10H21P. The lowest BCUT2D eigenvalue weighted by atomic mass is 10.0. The van der Waals surface area contributed by atoms with Crippen LogP contribution in [0.25, 0.3) is 0 Å². The van der Waals surface area contributed by atoms with Gasteiger partial charge in [0, 0.05) is 0 Å². The Labute approximate surface area is 72.9 Å². The van der Waals surface area contributed by atoms with Crippen molar-refractivity contribution in [2.45, 2.75) is 51.9 Å². The van der Waals surface area contributed by atoms with Gasteiger partial charge in [-0.05, 0) is 36.0 Å². The highest BCUT2D eigenvalue weighted by Crippen LogP contribution is 2.46. The zero-order valence-corrected chi connectivity index (χ0v) is 9.22. The van der Waals surface area contributed by atoms with E-state index in [4.69, 9.17) is 0 Å². The van der Waals surface area contributed by atoms with Gasteiger partial charge in [-0.25, -0.2) is 0 Å². The topological polar surface area (TPSA) is 0 Å². The minimum Gasteiger partial charge on any atom is -0.115 e. The van der Waals surface area contributed by atoms with E-state index in [1.54, 1.807) is 0 Å². The van der Waals surface area contributed by atoms with Gasteiger partial charge in [0.1, 0.15) is 0 Å². The van der Waals surface area contributed by atoms with Crippen LogP contribution in [0.5, 0.6) is 0 Å². The minimum absolute atomic E-state index is 0.928. The zero-order chi connectivity index (χ0) is 8.43. The lowest BCUT2D eigenvalue weighted by molar-refractivity contribution is 0.543. The molecule has 0 unspecified atom stereocenters. The Morgan fingerprint density at radius 1 is 0.909 bits per heavy atom. The maximum absolute atomic E-state index is 2.38. The molecule has 0 saturated carbocycles. The normalized spacial score (nSPS) is 32.2. The van der Waals surface area contributed by atoms with Crippen LogP contribution in [-0.2, 0) is 0 Å². The second kappa shape index (κ2) is 3.90. The number of rotatable bonds is 2. The molecule has 1 aliphatic rings. The van der Waals surface area contributed by atoms with E-state index in [1.807, 2.05) is 0 Å². The van der Waals surface area contributed by atoms with Crippen molar-refractivity contribution in [1.82, 2.24) is 0 Å². The number of hydrogen-bond donors (Lipinski definition) is 0. The maximum Gasteiger partial charge on any atom is -0.0211 e. The van der Waals surface area contributed by atoms with Crippen molar-refractivity contribution in [3.8, 4) is 0 Å². The predicted molar refractivity (Wildman–Crippen MR) is 54.8 cm³/mol. The fourth-order valence-electron chi connectivity index (χ4n) is 1.85. The molecule has 0 N–H and O–H groups in total. The van der Waals surface area contributed by atoms with Crippen molar-refractivity contribution < 1.29 is 0 Å². The molecule has 1 saturated heterocycles. The maximum atomic E-state index is 2.38. The third-order valence-electron chi connectivity index (χ3n) is 2.83. The molecule has 0 aliphatic carbocycles. The van der Waals surface area contributed by atoms with Gasteiger partial charge in [0.25, 0.3) is 0 Å². The first-order valence-electron chi connectivity index (χ1n) is 4.87. The molecular weight excluding hydrogens is 151 g/mol. The Balaban J connectivity index is 2.35. The first-order chi connectivity index (χ1) is 5.11. The molecule has 0 aromatic rings. The van der Waals surface area contributed by atoms with Gasteiger partial charge in [-0.3, -0.25) is 0 Å². The summed E-state index contributed by atoms with van der Waals surface area (Å²) in [5.74, 6) is 1.86. The SMILES string of the molecule is CC(C)[C@@H]1CC[C@@H](C(C)C)P1. The molecule has 1 heteroatoms. The van der Waals surface area contributed by atoms with Crippen LogP contribution in [0.1, 0.15) is 40.5 Å². The van der Waals surface area contributed by atoms with E-state index in [1.165, 1.54) is 21.4 Å². The summed E-state index contributed by atoms with van der Waals surface area (Å²) in [6, 6.07) is 0. The summed E-state index contributed by atoms with van der Waals surface area (Å²) in [6.07, 6.45) is 3.00. The first-order valence-corrected chi connectivity index (χ1v) is 6.02. The zero-order valence-electron chi connectivity index (χ0n) is 8.22. The van der Waals surface area contributed by atoms with Crippen LogP contribution in [0.3, 0.4) is 0 Å². The molecule has 0 bridgehead atoms. The van der Waals surface area contributed by atoms with Gasteiger partial charge in [-0.15, -0.1) is 8.58 Å². The minimum atomic E-state index is 0.928. The van der Waals surface area contributed by atoms with Crippen molar-refractivity contribution in [2.24, 2.45) is 11.8 Å². The molecule has 0 spiro atoms. The van der Waals surface area contributed by atoms with Crippen molar-refractivity contribution in [2.75, 3.05) is 0 Å². The summed E-state index contributed by atoms with van der Waals surface area (Å²) in [5, 5.41) is 0. The van der Waals surface area contributed by atoms with Crippen LogP contribution < -0.4 is 0 Å². The lowest BCUT2D eigenvalue weighted by Crippen LogP contribution is -2.06. The Bertz CT molecular complexity index is 104. The van der Waals surface area contributed by atoms with Crippen LogP contribution in [0.15, 0.2) is 0 Å². The predicted octanol–water partition coefficient (Wildman–Crippen LogP) is 3.51. The third kappa shape index (κ3) is 2.44. The summed E-state index contributed by atoms with van der Waals surface area (Å²) < 4.78 is 0. The second-order valence-electron chi connectivity index (χ2n) is 4.45. The average Bonchev–Trinajstić information content (AvgIpc) is 2.33. The van der Waals surface area contributed by atoms with Gasteiger partial charge in [0.15, 0.2) is 0 Å². The summed E-state index contributed by atoms with van der Waals surface area (Å²) in [6.45, 7) is 9.50. The van der Waals surface area contributed by atoms with Crippen molar-refractivity contribution in [3.63, 3.8) is 0 Å². The van der Waals surface area contributed by atoms with Gasteiger partial charge < -0.3 is 0 Å². The molecule has 0 nitrogen and oxygen atoms in total. The monoisotopic (exact) mass is 172 g/mol. The van der Waals surface area contributed by atoms with Gasteiger partial charge in [0.05, 0.1) is 0 Å². The Morgan fingerprint density at radius 3 is 1.45 bits per heavy atom. The van der Waals surface area contributed by atoms with Gasteiger partial charge >= 0.3 is 0 Å². The molecule has 0 aromatic carbocycles. The van der Waals surface area contributed by atoms with Crippen LogP contribution >= 0.6 is 8.58 Å².